The minimum absolute atomic E-state index is 0.260. The zero-order chi connectivity index (χ0) is 30.0. The average Bonchev–Trinajstić information content (AvgIpc) is 2.69. The standard InChI is InChI=1S/C13H23O21P5/c14-35(15,16)30-9-8(29-6-7-4-2-1-3-5-7)10(31-36(17,18)19)12(33-38(23,24)25)13(34-39(26,27)28)11(9)32-37(20,21)22/h1-5,8-13H,6H2,(H2,14,15,16)(H2,17,18,19)(H2,20,21,22)(H2,23,24,25)(H2,26,27,28)/t8?,9-,10-,11-,12+,13?/m0/s1. The lowest BCUT2D eigenvalue weighted by Crippen LogP contribution is -2.66. The summed E-state index contributed by atoms with van der Waals surface area (Å²) in [5, 5.41) is 0. The van der Waals surface area contributed by atoms with Crippen LogP contribution in [0.2, 0.25) is 0 Å². The molecule has 226 valence electrons. The van der Waals surface area contributed by atoms with E-state index in [1.54, 1.807) is 6.07 Å². The molecule has 10 N–H and O–H groups in total. The van der Waals surface area contributed by atoms with Gasteiger partial charge in [0.15, 0.2) is 0 Å². The number of benzene rings is 1. The molecule has 1 fully saturated rings. The van der Waals surface area contributed by atoms with E-state index in [1.807, 2.05) is 0 Å². The Morgan fingerprint density at radius 2 is 0.718 bits per heavy atom. The highest BCUT2D eigenvalue weighted by Crippen LogP contribution is 2.55. The first kappa shape index (κ1) is 34.9. The minimum Gasteiger partial charge on any atom is -0.368 e. The highest BCUT2D eigenvalue weighted by molar-refractivity contribution is 7.47. The van der Waals surface area contributed by atoms with Crippen molar-refractivity contribution in [2.24, 2.45) is 0 Å². The topological polar surface area (TPSA) is 343 Å². The van der Waals surface area contributed by atoms with Gasteiger partial charge in [-0.05, 0) is 5.56 Å². The van der Waals surface area contributed by atoms with E-state index in [9.17, 15) is 71.8 Å². The van der Waals surface area contributed by atoms with E-state index < -0.39 is 82.3 Å². The Bertz CT molecular complexity index is 1130. The lowest BCUT2D eigenvalue weighted by Gasteiger charge is -2.48. The van der Waals surface area contributed by atoms with Crippen LogP contribution in [0.3, 0.4) is 0 Å². The average molecular weight is 670 g/mol. The number of rotatable bonds is 13. The predicted molar refractivity (Wildman–Crippen MR) is 120 cm³/mol. The molecule has 1 aromatic carbocycles. The van der Waals surface area contributed by atoms with Crippen LogP contribution in [0, 0.1) is 0 Å². The van der Waals surface area contributed by atoms with E-state index in [1.165, 1.54) is 24.3 Å². The third kappa shape index (κ3) is 12.6. The van der Waals surface area contributed by atoms with Gasteiger partial charge in [0.05, 0.1) is 6.61 Å². The lowest BCUT2D eigenvalue weighted by atomic mass is 9.85. The van der Waals surface area contributed by atoms with Crippen molar-refractivity contribution >= 4 is 39.1 Å². The number of phosphoric ester groups is 5. The van der Waals surface area contributed by atoms with Crippen molar-refractivity contribution in [3.8, 4) is 0 Å². The van der Waals surface area contributed by atoms with Crippen LogP contribution in [0.25, 0.3) is 0 Å². The Labute approximate surface area is 217 Å². The molecule has 39 heavy (non-hydrogen) atoms. The van der Waals surface area contributed by atoms with Gasteiger partial charge in [-0.15, -0.1) is 0 Å². The maximum absolute atomic E-state index is 11.7. The van der Waals surface area contributed by atoms with Gasteiger partial charge in [0.2, 0.25) is 0 Å². The van der Waals surface area contributed by atoms with Gasteiger partial charge in [-0.25, -0.2) is 22.8 Å². The fourth-order valence-corrected chi connectivity index (χ4v) is 6.26. The molecule has 0 amide bonds. The number of ether oxygens (including phenoxy) is 1. The van der Waals surface area contributed by atoms with E-state index in [-0.39, 0.29) is 5.56 Å². The first-order valence-electron chi connectivity index (χ1n) is 9.79. The van der Waals surface area contributed by atoms with E-state index in [0.717, 1.165) is 0 Å². The largest absolute Gasteiger partial charge is 0.470 e. The molecule has 1 aliphatic rings. The monoisotopic (exact) mass is 670 g/mol. The summed E-state index contributed by atoms with van der Waals surface area (Å²) in [7, 11) is -29.2. The van der Waals surface area contributed by atoms with Crippen molar-refractivity contribution in [3.63, 3.8) is 0 Å². The third-order valence-electron chi connectivity index (χ3n) is 4.52. The summed E-state index contributed by atoms with van der Waals surface area (Å²) in [5.41, 5.74) is 0.260. The van der Waals surface area contributed by atoms with Crippen LogP contribution < -0.4 is 0 Å². The zero-order valence-corrected chi connectivity index (χ0v) is 23.2. The molecule has 1 saturated carbocycles. The SMILES string of the molecule is O=P(O)(O)OC1[C@@H](OP(=O)(O)O)[C@@H](OP(=O)(O)O)C(OCc2ccccc2)[C@H](OP(=O)(O)O)[C@H]1OP(=O)(O)O. The maximum Gasteiger partial charge on any atom is 0.470 e. The molecule has 0 spiro atoms. The Hall–Kier alpha value is -0.270. The molecule has 1 aliphatic carbocycles. The second-order valence-electron chi connectivity index (χ2n) is 7.56. The molecular weight excluding hydrogens is 647 g/mol. The molecule has 0 radical (unpaired) electrons. The van der Waals surface area contributed by atoms with Crippen molar-refractivity contribution in [1.29, 1.82) is 0 Å². The number of hydrogen-bond acceptors (Lipinski definition) is 11. The second kappa shape index (κ2) is 12.9. The van der Waals surface area contributed by atoms with Crippen molar-refractivity contribution in [2.75, 3.05) is 0 Å². The van der Waals surface area contributed by atoms with Crippen LogP contribution in [0.4, 0.5) is 0 Å². The van der Waals surface area contributed by atoms with Gasteiger partial charge in [-0.3, -0.25) is 22.6 Å². The molecule has 21 nitrogen and oxygen atoms in total. The summed E-state index contributed by atoms with van der Waals surface area (Å²) in [4.78, 5) is 93.8. The minimum atomic E-state index is -5.88. The number of phosphoric acid groups is 5. The van der Waals surface area contributed by atoms with Crippen LogP contribution in [0.5, 0.6) is 0 Å². The van der Waals surface area contributed by atoms with Gasteiger partial charge >= 0.3 is 39.1 Å². The fraction of sp³-hybridized carbons (Fsp3) is 0.538. The van der Waals surface area contributed by atoms with Crippen LogP contribution >= 0.6 is 39.1 Å². The Kier molecular flexibility index (Phi) is 11.6. The number of hydrogen-bond donors (Lipinski definition) is 10. The van der Waals surface area contributed by atoms with E-state index in [0.29, 0.717) is 0 Å². The van der Waals surface area contributed by atoms with Gasteiger partial charge in [0.1, 0.15) is 36.6 Å². The smallest absolute Gasteiger partial charge is 0.368 e. The van der Waals surface area contributed by atoms with Crippen LogP contribution in [-0.2, 0) is 56.8 Å². The van der Waals surface area contributed by atoms with Gasteiger partial charge in [0, 0.05) is 0 Å². The molecule has 0 saturated heterocycles. The predicted octanol–water partition coefficient (Wildman–Crippen LogP) is -1.03. The van der Waals surface area contributed by atoms with Gasteiger partial charge in [-0.2, -0.15) is 0 Å². The molecule has 0 aliphatic heterocycles. The molecule has 6 atom stereocenters. The van der Waals surface area contributed by atoms with Crippen LogP contribution in [0.1, 0.15) is 5.56 Å². The van der Waals surface area contributed by atoms with Crippen molar-refractivity contribution < 1.29 is 99.1 Å². The molecule has 0 heterocycles. The summed E-state index contributed by atoms with van der Waals surface area (Å²) < 4.78 is 85.9. The molecule has 0 bridgehead atoms. The van der Waals surface area contributed by atoms with Gasteiger partial charge < -0.3 is 53.7 Å². The maximum atomic E-state index is 11.7. The van der Waals surface area contributed by atoms with Crippen molar-refractivity contribution in [2.45, 2.75) is 43.2 Å². The van der Waals surface area contributed by atoms with Crippen LogP contribution in [0.15, 0.2) is 30.3 Å². The summed E-state index contributed by atoms with van der Waals surface area (Å²) >= 11 is 0. The summed E-state index contributed by atoms with van der Waals surface area (Å²) in [5.74, 6) is 0. The first-order chi connectivity index (χ1) is 17.4. The Balaban J connectivity index is 2.81. The highest BCUT2D eigenvalue weighted by atomic mass is 31.2. The second-order valence-corrected chi connectivity index (χ2v) is 13.5. The highest BCUT2D eigenvalue weighted by Gasteiger charge is 2.61. The molecule has 2 unspecified atom stereocenters. The van der Waals surface area contributed by atoms with Crippen LogP contribution in [-0.4, -0.2) is 85.6 Å². The molecule has 26 heteroatoms. The third-order valence-corrected chi connectivity index (χ3v) is 7.11. The fourth-order valence-electron chi connectivity index (χ4n) is 3.47. The van der Waals surface area contributed by atoms with Gasteiger partial charge in [0.25, 0.3) is 0 Å². The van der Waals surface area contributed by atoms with Crippen molar-refractivity contribution in [1.82, 2.24) is 0 Å². The summed E-state index contributed by atoms with van der Waals surface area (Å²) in [6.07, 6.45) is -16.3. The lowest BCUT2D eigenvalue weighted by molar-refractivity contribution is -0.221. The molecule has 1 aromatic rings. The quantitative estimate of drug-likeness (QED) is 0.112. The molecule has 0 aromatic heterocycles. The molecule has 2 rings (SSSR count). The van der Waals surface area contributed by atoms with E-state index in [2.05, 4.69) is 22.6 Å². The Morgan fingerprint density at radius 3 is 0.974 bits per heavy atom. The summed E-state index contributed by atoms with van der Waals surface area (Å²) in [6, 6.07) is 7.34. The normalized spacial score (nSPS) is 27.4. The van der Waals surface area contributed by atoms with Crippen molar-refractivity contribution in [3.05, 3.63) is 35.9 Å². The zero-order valence-electron chi connectivity index (χ0n) is 18.8. The van der Waals surface area contributed by atoms with E-state index in [4.69, 9.17) is 4.74 Å². The van der Waals surface area contributed by atoms with E-state index >= 15 is 0 Å². The first-order valence-corrected chi connectivity index (χ1v) is 17.4. The Morgan fingerprint density at radius 1 is 0.462 bits per heavy atom. The molecular formula is C13H23O21P5. The summed E-state index contributed by atoms with van der Waals surface area (Å²) in [6.45, 7) is -0.636. The van der Waals surface area contributed by atoms with Gasteiger partial charge in [-0.1, -0.05) is 30.3 Å².